The molecule has 4 rings (SSSR count). The number of pyridine rings is 1. The van der Waals surface area contributed by atoms with Crippen molar-refractivity contribution in [2.75, 3.05) is 18.2 Å². The maximum absolute atomic E-state index is 13.0. The normalized spacial score (nSPS) is 15.8. The van der Waals surface area contributed by atoms with E-state index >= 15 is 0 Å². The lowest BCUT2D eigenvalue weighted by atomic mass is 9.82. The quantitative estimate of drug-likeness (QED) is 0.388. The molecule has 0 aliphatic carbocycles. The van der Waals surface area contributed by atoms with Gasteiger partial charge < -0.3 is 15.0 Å². The van der Waals surface area contributed by atoms with Gasteiger partial charge in [0.05, 0.1) is 29.7 Å². The number of ether oxygens (including phenoxy) is 1. The van der Waals surface area contributed by atoms with Gasteiger partial charge in [-0.05, 0) is 36.4 Å². The van der Waals surface area contributed by atoms with E-state index in [1.165, 1.54) is 18.9 Å². The molecule has 1 atom stereocenters. The largest absolute Gasteiger partial charge is 0.466 e. The zero-order valence-electron chi connectivity index (χ0n) is 16.3. The summed E-state index contributed by atoms with van der Waals surface area (Å²) in [5, 5.41) is 4.59. The molecule has 1 aliphatic heterocycles. The number of esters is 1. The highest BCUT2D eigenvalue weighted by Crippen LogP contribution is 2.40. The van der Waals surface area contributed by atoms with Crippen LogP contribution in [0.1, 0.15) is 30.9 Å². The maximum Gasteiger partial charge on any atom is 0.336 e. The van der Waals surface area contributed by atoms with Crippen molar-refractivity contribution in [3.63, 3.8) is 0 Å². The summed E-state index contributed by atoms with van der Waals surface area (Å²) in [5.74, 6) is 0.167. The van der Waals surface area contributed by atoms with E-state index in [9.17, 15) is 9.59 Å². The Bertz CT molecular complexity index is 1200. The predicted octanol–water partition coefficient (Wildman–Crippen LogP) is 3.43. The minimum absolute atomic E-state index is 0.274. The molecule has 29 heavy (non-hydrogen) atoms. The number of H-pyrrole nitrogens is 1. The molecule has 2 aromatic heterocycles. The van der Waals surface area contributed by atoms with Crippen molar-refractivity contribution in [1.82, 2.24) is 15.0 Å². The molecular formula is C21H20N4O3S. The Balaban J connectivity index is 1.97. The molecule has 8 heteroatoms. The van der Waals surface area contributed by atoms with Gasteiger partial charge in [0.15, 0.2) is 5.16 Å². The van der Waals surface area contributed by atoms with E-state index in [-0.39, 0.29) is 5.56 Å². The first-order chi connectivity index (χ1) is 14.0. The van der Waals surface area contributed by atoms with Crippen molar-refractivity contribution in [1.29, 1.82) is 0 Å². The van der Waals surface area contributed by atoms with Gasteiger partial charge in [-0.1, -0.05) is 30.8 Å². The van der Waals surface area contributed by atoms with Crippen LogP contribution >= 0.6 is 11.8 Å². The second-order valence-corrected chi connectivity index (χ2v) is 7.86. The maximum atomic E-state index is 13.0. The first kappa shape index (κ1) is 19.2. The molecular weight excluding hydrogens is 388 g/mol. The summed E-state index contributed by atoms with van der Waals surface area (Å²) in [7, 11) is 1.34. The second kappa shape index (κ2) is 7.71. The van der Waals surface area contributed by atoms with E-state index in [2.05, 4.69) is 20.3 Å². The molecule has 148 valence electrons. The van der Waals surface area contributed by atoms with Crippen LogP contribution in [0.25, 0.3) is 10.9 Å². The lowest BCUT2D eigenvalue weighted by molar-refractivity contribution is -0.136. The van der Waals surface area contributed by atoms with Crippen molar-refractivity contribution < 1.29 is 9.53 Å². The smallest absolute Gasteiger partial charge is 0.336 e. The Hall–Kier alpha value is -3.13. The lowest BCUT2D eigenvalue weighted by Crippen LogP contribution is -2.31. The van der Waals surface area contributed by atoms with E-state index in [0.717, 1.165) is 22.2 Å². The van der Waals surface area contributed by atoms with Crippen LogP contribution in [0.2, 0.25) is 0 Å². The molecule has 1 aliphatic rings. The van der Waals surface area contributed by atoms with Crippen LogP contribution in [-0.4, -0.2) is 33.8 Å². The van der Waals surface area contributed by atoms with Crippen molar-refractivity contribution in [2.24, 2.45) is 0 Å². The number of fused-ring (bicyclic) bond motifs is 2. The molecule has 0 saturated carbocycles. The number of methoxy groups -OCH3 is 1. The fourth-order valence-electron chi connectivity index (χ4n) is 3.62. The van der Waals surface area contributed by atoms with Crippen LogP contribution in [0, 0.1) is 0 Å². The third kappa shape index (κ3) is 3.40. The summed E-state index contributed by atoms with van der Waals surface area (Å²) in [6, 6.07) is 9.53. The van der Waals surface area contributed by atoms with Gasteiger partial charge in [-0.3, -0.25) is 9.78 Å². The van der Waals surface area contributed by atoms with E-state index in [0.29, 0.717) is 27.8 Å². The standard InChI is InChI=1S/C21H20N4O3S/c1-4-29-21-24-18-17(19(26)25-21)16(15(11(2)23-18)20(27)28-3)13-7-8-14-12(10-13)6-5-9-22-14/h5-10,16H,4H2,1-3H3,(H2,23,24,25,26). The minimum Gasteiger partial charge on any atom is -0.466 e. The number of hydrogen-bond acceptors (Lipinski definition) is 7. The second-order valence-electron chi connectivity index (χ2n) is 6.61. The summed E-state index contributed by atoms with van der Waals surface area (Å²) in [6.07, 6.45) is 1.73. The van der Waals surface area contributed by atoms with Crippen LogP contribution in [0.15, 0.2) is 57.7 Å². The Morgan fingerprint density at radius 3 is 2.90 bits per heavy atom. The van der Waals surface area contributed by atoms with Crippen LogP contribution in [-0.2, 0) is 9.53 Å². The van der Waals surface area contributed by atoms with Crippen LogP contribution < -0.4 is 10.9 Å². The Labute approximate surface area is 171 Å². The number of hydrogen-bond donors (Lipinski definition) is 2. The topological polar surface area (TPSA) is 97.0 Å². The minimum atomic E-state index is -0.597. The molecule has 0 fully saturated rings. The summed E-state index contributed by atoms with van der Waals surface area (Å²) in [6.45, 7) is 3.78. The number of nitrogens with one attached hydrogen (secondary N) is 2. The lowest BCUT2D eigenvalue weighted by Gasteiger charge is -2.28. The average Bonchev–Trinajstić information content (AvgIpc) is 2.72. The molecule has 3 heterocycles. The monoisotopic (exact) mass is 408 g/mol. The molecule has 0 amide bonds. The van der Waals surface area contributed by atoms with Crippen molar-refractivity contribution in [3.05, 3.63) is 69.3 Å². The molecule has 0 saturated heterocycles. The number of aromatic nitrogens is 3. The molecule has 1 unspecified atom stereocenters. The number of rotatable bonds is 4. The number of carbonyl (C=O) groups is 1. The fourth-order valence-corrected chi connectivity index (χ4v) is 4.22. The Morgan fingerprint density at radius 2 is 2.14 bits per heavy atom. The first-order valence-electron chi connectivity index (χ1n) is 9.21. The van der Waals surface area contributed by atoms with E-state index in [1.54, 1.807) is 13.1 Å². The molecule has 7 nitrogen and oxygen atoms in total. The number of anilines is 1. The van der Waals surface area contributed by atoms with E-state index in [4.69, 9.17) is 4.74 Å². The summed E-state index contributed by atoms with van der Waals surface area (Å²) in [4.78, 5) is 37.4. The molecule has 1 aromatic carbocycles. The third-order valence-corrected chi connectivity index (χ3v) is 5.62. The summed E-state index contributed by atoms with van der Waals surface area (Å²) < 4.78 is 5.03. The number of carbonyl (C=O) groups excluding carboxylic acids is 1. The Morgan fingerprint density at radius 1 is 1.31 bits per heavy atom. The highest BCUT2D eigenvalue weighted by Gasteiger charge is 2.36. The highest BCUT2D eigenvalue weighted by molar-refractivity contribution is 7.99. The third-order valence-electron chi connectivity index (χ3n) is 4.87. The van der Waals surface area contributed by atoms with E-state index < -0.39 is 11.9 Å². The van der Waals surface area contributed by atoms with Gasteiger partial charge in [0.2, 0.25) is 0 Å². The SMILES string of the molecule is CCSc1nc2c(c(=O)[nH]1)C(c1ccc3ncccc3c1)C(C(=O)OC)=C(C)N2. The van der Waals surface area contributed by atoms with Gasteiger partial charge in [-0.15, -0.1) is 0 Å². The van der Waals surface area contributed by atoms with Gasteiger partial charge in [-0.25, -0.2) is 9.78 Å². The van der Waals surface area contributed by atoms with Gasteiger partial charge >= 0.3 is 5.97 Å². The fraction of sp³-hybridized carbons (Fsp3) is 0.238. The number of thioether (sulfide) groups is 1. The summed E-state index contributed by atoms with van der Waals surface area (Å²) >= 11 is 1.45. The number of allylic oxidation sites excluding steroid dienone is 1. The Kier molecular flexibility index (Phi) is 5.10. The average molecular weight is 408 g/mol. The molecule has 2 N–H and O–H groups in total. The van der Waals surface area contributed by atoms with E-state index in [1.807, 2.05) is 37.3 Å². The molecule has 0 bridgehead atoms. The number of aromatic amines is 1. The van der Waals surface area contributed by atoms with Crippen molar-refractivity contribution >= 4 is 34.5 Å². The van der Waals surface area contributed by atoms with Crippen molar-refractivity contribution in [2.45, 2.75) is 24.9 Å². The number of benzene rings is 1. The zero-order valence-corrected chi connectivity index (χ0v) is 17.1. The predicted molar refractivity (Wildman–Crippen MR) is 113 cm³/mol. The summed E-state index contributed by atoms with van der Waals surface area (Å²) in [5.41, 5.74) is 2.78. The van der Waals surface area contributed by atoms with Crippen molar-refractivity contribution in [3.8, 4) is 0 Å². The zero-order chi connectivity index (χ0) is 20.5. The van der Waals surface area contributed by atoms with Gasteiger partial charge in [0, 0.05) is 17.3 Å². The molecule has 0 radical (unpaired) electrons. The van der Waals surface area contributed by atoms with Gasteiger partial charge in [-0.2, -0.15) is 0 Å². The van der Waals surface area contributed by atoms with Gasteiger partial charge in [0.1, 0.15) is 5.82 Å². The molecule has 3 aromatic rings. The number of nitrogens with zero attached hydrogens (tertiary/aromatic N) is 2. The molecule has 0 spiro atoms. The first-order valence-corrected chi connectivity index (χ1v) is 10.2. The highest BCUT2D eigenvalue weighted by atomic mass is 32.2. The van der Waals surface area contributed by atoms with Crippen LogP contribution in [0.4, 0.5) is 5.82 Å². The van der Waals surface area contributed by atoms with Gasteiger partial charge in [0.25, 0.3) is 5.56 Å². The van der Waals surface area contributed by atoms with Crippen LogP contribution in [0.5, 0.6) is 0 Å². The van der Waals surface area contributed by atoms with Crippen LogP contribution in [0.3, 0.4) is 0 Å².